The minimum atomic E-state index is -1.07. The molecule has 1 amide bonds. The van der Waals surface area contributed by atoms with E-state index in [0.717, 1.165) is 28.2 Å². The molecule has 0 aliphatic carbocycles. The summed E-state index contributed by atoms with van der Waals surface area (Å²) < 4.78 is 26.1. The van der Waals surface area contributed by atoms with Crippen LogP contribution in [0.3, 0.4) is 0 Å². The van der Waals surface area contributed by atoms with Crippen LogP contribution in [0, 0.1) is 0 Å². The SMILES string of the molecule is COc1ccc(C(OC[C@H]2O[C@@H](n3cnc4c(NC(=O)c5ccccc5)ncnc43)C[C@@H]2O)(c2ccccc2)c2ccc(OC)cc2)cc1. The van der Waals surface area contributed by atoms with Gasteiger partial charge in [0.25, 0.3) is 5.91 Å². The molecule has 11 heteroatoms. The van der Waals surface area contributed by atoms with Gasteiger partial charge in [-0.2, -0.15) is 0 Å². The van der Waals surface area contributed by atoms with E-state index in [1.54, 1.807) is 49.4 Å². The predicted octanol–water partition coefficient (Wildman–Crippen LogP) is 5.75. The van der Waals surface area contributed by atoms with Crippen molar-refractivity contribution < 1.29 is 28.8 Å². The van der Waals surface area contributed by atoms with Crippen LogP contribution in [0.15, 0.2) is 122 Å². The minimum Gasteiger partial charge on any atom is -0.497 e. The Labute approximate surface area is 283 Å². The highest BCUT2D eigenvalue weighted by Gasteiger charge is 2.42. The average molecular weight is 658 g/mol. The molecule has 0 spiro atoms. The highest BCUT2D eigenvalue weighted by atomic mass is 16.6. The Hall–Kier alpha value is -5.62. The van der Waals surface area contributed by atoms with Gasteiger partial charge in [0.05, 0.1) is 33.3 Å². The van der Waals surface area contributed by atoms with Gasteiger partial charge < -0.3 is 29.4 Å². The molecular formula is C38H35N5O6. The fourth-order valence-corrected chi connectivity index (χ4v) is 6.24. The molecule has 49 heavy (non-hydrogen) atoms. The van der Waals surface area contributed by atoms with Crippen molar-refractivity contribution in [2.45, 2.75) is 30.5 Å². The van der Waals surface area contributed by atoms with E-state index in [4.69, 9.17) is 18.9 Å². The second kappa shape index (κ2) is 13.9. The predicted molar refractivity (Wildman–Crippen MR) is 183 cm³/mol. The molecule has 0 radical (unpaired) electrons. The largest absolute Gasteiger partial charge is 0.497 e. The molecule has 4 aromatic carbocycles. The van der Waals surface area contributed by atoms with Crippen LogP contribution in [-0.2, 0) is 15.1 Å². The van der Waals surface area contributed by atoms with Crippen molar-refractivity contribution in [3.05, 3.63) is 144 Å². The Morgan fingerprint density at radius 1 is 0.837 bits per heavy atom. The third-order valence-corrected chi connectivity index (χ3v) is 8.78. The summed E-state index contributed by atoms with van der Waals surface area (Å²) in [4.78, 5) is 26.0. The van der Waals surface area contributed by atoms with Crippen LogP contribution in [0.4, 0.5) is 5.82 Å². The Morgan fingerprint density at radius 2 is 1.43 bits per heavy atom. The van der Waals surface area contributed by atoms with E-state index in [2.05, 4.69) is 20.3 Å². The van der Waals surface area contributed by atoms with Crippen molar-refractivity contribution in [2.24, 2.45) is 0 Å². The molecule has 11 nitrogen and oxygen atoms in total. The van der Waals surface area contributed by atoms with E-state index in [1.807, 2.05) is 84.9 Å². The van der Waals surface area contributed by atoms with E-state index in [1.165, 1.54) is 6.33 Å². The van der Waals surface area contributed by atoms with Gasteiger partial charge >= 0.3 is 0 Å². The van der Waals surface area contributed by atoms with E-state index in [9.17, 15) is 9.90 Å². The molecule has 6 aromatic rings. The lowest BCUT2D eigenvalue weighted by molar-refractivity contribution is -0.0931. The zero-order chi connectivity index (χ0) is 33.8. The zero-order valence-corrected chi connectivity index (χ0v) is 27.0. The number of imidazole rings is 1. The lowest BCUT2D eigenvalue weighted by atomic mass is 9.80. The number of nitrogens with one attached hydrogen (secondary N) is 1. The van der Waals surface area contributed by atoms with Crippen LogP contribution in [0.25, 0.3) is 11.2 Å². The molecule has 1 fully saturated rings. The van der Waals surface area contributed by atoms with Crippen molar-refractivity contribution in [1.29, 1.82) is 0 Å². The van der Waals surface area contributed by atoms with Crippen LogP contribution in [0.2, 0.25) is 0 Å². The first-order valence-corrected chi connectivity index (χ1v) is 15.9. The maximum absolute atomic E-state index is 12.8. The monoisotopic (exact) mass is 657 g/mol. The summed E-state index contributed by atoms with van der Waals surface area (Å²) in [6, 6.07) is 34.4. The molecule has 0 unspecified atom stereocenters. The topological polar surface area (TPSA) is 130 Å². The molecule has 248 valence electrons. The highest BCUT2D eigenvalue weighted by Crippen LogP contribution is 2.43. The maximum Gasteiger partial charge on any atom is 0.256 e. The summed E-state index contributed by atoms with van der Waals surface area (Å²) in [5, 5.41) is 14.1. The number of carbonyl (C=O) groups is 1. The maximum atomic E-state index is 12.8. The molecule has 1 aliphatic rings. The summed E-state index contributed by atoms with van der Waals surface area (Å²) in [6.45, 7) is 0.0601. The minimum absolute atomic E-state index is 0.0601. The molecule has 3 heterocycles. The molecule has 0 saturated carbocycles. The van der Waals surface area contributed by atoms with Crippen molar-refractivity contribution in [3.63, 3.8) is 0 Å². The molecule has 7 rings (SSSR count). The van der Waals surface area contributed by atoms with Crippen molar-refractivity contribution in [3.8, 4) is 11.5 Å². The highest BCUT2D eigenvalue weighted by molar-refractivity contribution is 6.06. The number of fused-ring (bicyclic) bond motifs is 1. The fraction of sp³-hybridized carbons (Fsp3) is 0.211. The van der Waals surface area contributed by atoms with Gasteiger partial charge in [-0.25, -0.2) is 15.0 Å². The summed E-state index contributed by atoms with van der Waals surface area (Å²) in [6.07, 6.45) is 1.11. The second-order valence-electron chi connectivity index (χ2n) is 11.6. The molecule has 0 bridgehead atoms. The van der Waals surface area contributed by atoms with Crippen LogP contribution in [0.1, 0.15) is 39.7 Å². The van der Waals surface area contributed by atoms with E-state index in [0.29, 0.717) is 16.7 Å². The van der Waals surface area contributed by atoms with Gasteiger partial charge in [0.2, 0.25) is 0 Å². The first-order chi connectivity index (χ1) is 24.0. The molecule has 2 aromatic heterocycles. The molecule has 1 saturated heterocycles. The normalized spacial score (nSPS) is 17.6. The number of aliphatic hydroxyl groups is 1. The molecule has 2 N–H and O–H groups in total. The van der Waals surface area contributed by atoms with Crippen molar-refractivity contribution in [2.75, 3.05) is 26.1 Å². The number of benzene rings is 4. The molecule has 3 atom stereocenters. The number of anilines is 1. The number of amides is 1. The number of ether oxygens (including phenoxy) is 4. The lowest BCUT2D eigenvalue weighted by Crippen LogP contribution is -2.38. The summed E-state index contributed by atoms with van der Waals surface area (Å²) in [5.74, 6) is 1.41. The Balaban J connectivity index is 1.18. The van der Waals surface area contributed by atoms with Crippen molar-refractivity contribution in [1.82, 2.24) is 19.5 Å². The van der Waals surface area contributed by atoms with Gasteiger partial charge in [-0.3, -0.25) is 9.36 Å². The number of aromatic nitrogens is 4. The smallest absolute Gasteiger partial charge is 0.256 e. The number of rotatable bonds is 11. The van der Waals surface area contributed by atoms with Crippen LogP contribution in [-0.4, -0.2) is 63.6 Å². The van der Waals surface area contributed by atoms with Gasteiger partial charge in [0.15, 0.2) is 17.0 Å². The number of methoxy groups -OCH3 is 2. The van der Waals surface area contributed by atoms with Crippen molar-refractivity contribution >= 4 is 22.9 Å². The van der Waals surface area contributed by atoms with E-state index < -0.39 is 24.0 Å². The number of aliphatic hydroxyl groups excluding tert-OH is 1. The average Bonchev–Trinajstić information content (AvgIpc) is 3.76. The van der Waals surface area contributed by atoms with Crippen LogP contribution in [0.5, 0.6) is 11.5 Å². The lowest BCUT2D eigenvalue weighted by Gasteiger charge is -2.37. The number of nitrogens with zero attached hydrogens (tertiary/aromatic N) is 4. The van der Waals surface area contributed by atoms with Crippen LogP contribution < -0.4 is 14.8 Å². The van der Waals surface area contributed by atoms with Gasteiger partial charge in [-0.15, -0.1) is 0 Å². The first-order valence-electron chi connectivity index (χ1n) is 15.9. The van der Waals surface area contributed by atoms with E-state index >= 15 is 0 Å². The zero-order valence-electron chi connectivity index (χ0n) is 27.0. The fourth-order valence-electron chi connectivity index (χ4n) is 6.24. The molecular weight excluding hydrogens is 622 g/mol. The summed E-state index contributed by atoms with van der Waals surface area (Å²) in [7, 11) is 3.26. The standard InChI is InChI=1S/C38H35N5O6/c1-46-29-17-13-27(14-18-29)38(26-11-7-4-8-12-26,28-15-19-30(47-2)20-16-28)48-22-32-31(44)21-33(49-32)43-24-41-34-35(39-23-40-36(34)43)42-37(45)25-9-5-3-6-10-25/h3-20,23-24,31-33,44H,21-22H2,1-2H3,(H,39,40,42,45)/t31-,32+,33+/m0/s1. The Bertz CT molecular complexity index is 1970. The van der Waals surface area contributed by atoms with Gasteiger partial charge in [-0.1, -0.05) is 72.8 Å². The van der Waals surface area contributed by atoms with E-state index in [-0.39, 0.29) is 24.8 Å². The second-order valence-corrected chi connectivity index (χ2v) is 11.6. The van der Waals surface area contributed by atoms with Gasteiger partial charge in [-0.05, 0) is 53.1 Å². The Morgan fingerprint density at radius 3 is 2.04 bits per heavy atom. The molecule has 1 aliphatic heterocycles. The summed E-state index contributed by atoms with van der Waals surface area (Å²) >= 11 is 0. The summed E-state index contributed by atoms with van der Waals surface area (Å²) in [5.41, 5.74) is 2.94. The quantitative estimate of drug-likeness (QED) is 0.167. The van der Waals surface area contributed by atoms with Gasteiger partial charge in [0, 0.05) is 12.0 Å². The number of hydrogen-bond donors (Lipinski definition) is 2. The van der Waals surface area contributed by atoms with Crippen LogP contribution >= 0.6 is 0 Å². The first kappa shape index (κ1) is 32.0. The number of carbonyl (C=O) groups excluding carboxylic acids is 1. The Kier molecular flexibility index (Phi) is 9.03. The third kappa shape index (κ3) is 6.22. The third-order valence-electron chi connectivity index (χ3n) is 8.78. The number of hydrogen-bond acceptors (Lipinski definition) is 9. The van der Waals surface area contributed by atoms with Gasteiger partial charge in [0.1, 0.15) is 35.8 Å².